The summed E-state index contributed by atoms with van der Waals surface area (Å²) in [6.45, 7) is 0. The van der Waals surface area contributed by atoms with Gasteiger partial charge in [-0.1, -0.05) is 0 Å². The molecule has 5 heteroatoms. The third kappa shape index (κ3) is 17.8. The Hall–Kier alpha value is 4.45. The van der Waals surface area contributed by atoms with Gasteiger partial charge in [-0.05, 0) is 0 Å². The molecule has 0 aromatic carbocycles. The van der Waals surface area contributed by atoms with Gasteiger partial charge in [0.2, 0.25) is 0 Å². The number of hydrogen-bond donors (Lipinski definition) is 0. The predicted octanol–water partition coefficient (Wildman–Crippen LogP) is -6.84. The molecule has 0 rings (SSSR count). The van der Waals surface area contributed by atoms with E-state index >= 15 is 0 Å². The monoisotopic (exact) mass is 175 g/mol. The van der Waals surface area contributed by atoms with Gasteiger partial charge in [-0.2, -0.15) is 0 Å². The van der Waals surface area contributed by atoms with Crippen LogP contribution in [0.5, 0.6) is 0 Å². The van der Waals surface area contributed by atoms with Crippen LogP contribution in [-0.2, 0) is 17.1 Å². The maximum atomic E-state index is 0. The summed E-state index contributed by atoms with van der Waals surface area (Å²) in [6, 6.07) is 0. The number of rotatable bonds is 0. The molecular weight excluding hydrogens is 169 g/mol. The standard InChI is InChI=1S/Al.Fe.K.Mg.Na.6H/q;;+1;+2;+1;;;4*-1. The van der Waals surface area contributed by atoms with Crippen LogP contribution in [0.15, 0.2) is 0 Å². The molecule has 1 radical (unpaired) electrons. The van der Waals surface area contributed by atoms with E-state index in [0.717, 1.165) is 0 Å². The van der Waals surface area contributed by atoms with Crippen molar-refractivity contribution < 1.29 is 104 Å². The van der Waals surface area contributed by atoms with Gasteiger partial charge in [0.05, 0.1) is 0 Å². The molecule has 0 amide bonds. The molecule has 0 bridgehead atoms. The van der Waals surface area contributed by atoms with Crippen LogP contribution in [0.25, 0.3) is 0 Å². The SMILES string of the molecule is [AlH2].[Fe].[H-].[H-].[H-].[H-].[K+].[Mg+2].[Na+]. The Morgan fingerprint density at radius 3 is 1.20 bits per heavy atom. The summed E-state index contributed by atoms with van der Waals surface area (Å²) in [6.07, 6.45) is 0. The molecule has 0 nitrogen and oxygen atoms in total. The summed E-state index contributed by atoms with van der Waals surface area (Å²) in [5.41, 5.74) is 0. The fraction of sp³-hybridized carbons (Fsp3) is 0. The zero-order valence-corrected chi connectivity index (χ0v) is 13.7. The van der Waals surface area contributed by atoms with Gasteiger partial charge in [-0.15, -0.1) is 0 Å². The van der Waals surface area contributed by atoms with E-state index in [1.54, 1.807) is 0 Å². The minimum Gasteiger partial charge on any atom is -1.00 e. The van der Waals surface area contributed by atoms with Crippen molar-refractivity contribution in [3.63, 3.8) is 0 Å². The van der Waals surface area contributed by atoms with Crippen LogP contribution in [0, 0.1) is 0 Å². The molecule has 0 atom stereocenters. The smallest absolute Gasteiger partial charge is 1.00 e. The average molecular weight is 175 g/mol. The van der Waals surface area contributed by atoms with Crippen molar-refractivity contribution in [3.8, 4) is 0 Å². The fourth-order valence-corrected chi connectivity index (χ4v) is 0. The van der Waals surface area contributed by atoms with Crippen LogP contribution in [0.2, 0.25) is 0 Å². The van der Waals surface area contributed by atoms with Gasteiger partial charge in [0.1, 0.15) is 17.4 Å². The van der Waals surface area contributed by atoms with E-state index in [4.69, 9.17) is 0 Å². The van der Waals surface area contributed by atoms with Crippen LogP contribution in [0.3, 0.4) is 0 Å². The van der Waals surface area contributed by atoms with Crippen molar-refractivity contribution in [1.82, 2.24) is 0 Å². The Labute approximate surface area is 140 Å². The normalized spacial score (nSPS) is 0. The quantitative estimate of drug-likeness (QED) is 0.321. The molecule has 0 aromatic heterocycles. The van der Waals surface area contributed by atoms with Crippen LogP contribution >= 0.6 is 0 Å². The first kappa shape index (κ1) is 34.1. The van der Waals surface area contributed by atoms with Gasteiger partial charge in [0, 0.05) is 17.1 Å². The van der Waals surface area contributed by atoms with E-state index in [0.29, 0.717) is 0 Å². The molecule has 0 aromatic rings. The van der Waals surface area contributed by atoms with Crippen LogP contribution in [0.1, 0.15) is 5.71 Å². The summed E-state index contributed by atoms with van der Waals surface area (Å²) in [5.74, 6) is 0. The van der Waals surface area contributed by atoms with Crippen molar-refractivity contribution in [2.45, 2.75) is 0 Å². The molecule has 21 valence electrons. The van der Waals surface area contributed by atoms with E-state index in [2.05, 4.69) is 0 Å². The molecule has 0 unspecified atom stereocenters. The van der Waals surface area contributed by atoms with Crippen molar-refractivity contribution >= 4 is 40.4 Å². The van der Waals surface area contributed by atoms with Gasteiger partial charge in [-0.25, -0.2) is 0 Å². The largest absolute Gasteiger partial charge is 2.00 e. The topological polar surface area (TPSA) is 0 Å². The first-order valence-electron chi connectivity index (χ1n) is 0. The van der Waals surface area contributed by atoms with Crippen LogP contribution in [0.4, 0.5) is 0 Å². The second-order valence-electron chi connectivity index (χ2n) is 0. The van der Waals surface area contributed by atoms with Crippen molar-refractivity contribution in [3.05, 3.63) is 0 Å². The summed E-state index contributed by atoms with van der Waals surface area (Å²) >= 11 is 0. The third-order valence-electron chi connectivity index (χ3n) is 0. The van der Waals surface area contributed by atoms with Gasteiger partial charge in [0.25, 0.3) is 0 Å². The third-order valence-corrected chi connectivity index (χ3v) is 0. The van der Waals surface area contributed by atoms with E-state index < -0.39 is 0 Å². The van der Waals surface area contributed by atoms with E-state index in [1.807, 2.05) is 0 Å². The van der Waals surface area contributed by atoms with E-state index in [1.165, 1.54) is 0 Å². The molecular formula is H6AlFeKMgNa. The van der Waals surface area contributed by atoms with Crippen LogP contribution in [-0.4, -0.2) is 40.4 Å². The Kier molecular flexibility index (Phi) is 161. The minimum absolute atomic E-state index is 0. The zero-order valence-electron chi connectivity index (χ0n) is 8.06. The van der Waals surface area contributed by atoms with Gasteiger partial charge < -0.3 is 5.71 Å². The zero-order chi connectivity index (χ0) is 0. The molecule has 0 aliphatic rings. The Bertz CT molecular complexity index is 20.5. The molecule has 5 heavy (non-hydrogen) atoms. The van der Waals surface area contributed by atoms with Gasteiger partial charge >= 0.3 is 104 Å². The first-order chi connectivity index (χ1) is 0. The van der Waals surface area contributed by atoms with Crippen molar-refractivity contribution in [1.29, 1.82) is 0 Å². The second-order valence-corrected chi connectivity index (χ2v) is 0. The van der Waals surface area contributed by atoms with Gasteiger partial charge in [-0.3, -0.25) is 0 Å². The first-order valence-corrected chi connectivity index (χ1v) is 0. The van der Waals surface area contributed by atoms with E-state index in [-0.39, 0.29) is 144 Å². The maximum Gasteiger partial charge on any atom is 2.00 e. The number of hydrogen-bond acceptors (Lipinski definition) is 0. The van der Waals surface area contributed by atoms with Gasteiger partial charge in [0.15, 0.2) is 0 Å². The Morgan fingerprint density at radius 1 is 1.20 bits per heavy atom. The van der Waals surface area contributed by atoms with Crippen molar-refractivity contribution in [2.24, 2.45) is 0 Å². The molecule has 0 N–H and O–H groups in total. The second kappa shape index (κ2) is 23.7. The molecule has 0 spiro atoms. The summed E-state index contributed by atoms with van der Waals surface area (Å²) in [4.78, 5) is 0. The molecule has 0 aliphatic heterocycles. The maximum absolute atomic E-state index is 0. The summed E-state index contributed by atoms with van der Waals surface area (Å²) in [7, 11) is 0. The Morgan fingerprint density at radius 2 is 1.20 bits per heavy atom. The van der Waals surface area contributed by atoms with Crippen molar-refractivity contribution in [2.75, 3.05) is 0 Å². The Balaban J connectivity index is 0. The fourth-order valence-electron chi connectivity index (χ4n) is 0. The van der Waals surface area contributed by atoms with Crippen LogP contribution < -0.4 is 80.9 Å². The minimum atomic E-state index is 0. The average Bonchev–Trinajstić information content (AvgIpc) is 0. The predicted molar refractivity (Wildman–Crippen MR) is 18.7 cm³/mol. The molecule has 0 heterocycles. The van der Waals surface area contributed by atoms with E-state index in [9.17, 15) is 0 Å². The molecule has 0 fully saturated rings. The molecule has 0 aliphatic carbocycles. The summed E-state index contributed by atoms with van der Waals surface area (Å²) in [5, 5.41) is 0. The molecule has 0 saturated heterocycles. The molecule has 0 saturated carbocycles. The summed E-state index contributed by atoms with van der Waals surface area (Å²) < 4.78 is 0.